The van der Waals surface area contributed by atoms with Gasteiger partial charge in [0.05, 0.1) is 12.5 Å². The lowest BCUT2D eigenvalue weighted by Crippen LogP contribution is -2.41. The van der Waals surface area contributed by atoms with Crippen LogP contribution in [-0.4, -0.2) is 42.4 Å². The van der Waals surface area contributed by atoms with Gasteiger partial charge in [0.2, 0.25) is 11.8 Å². The molecule has 5 heteroatoms. The van der Waals surface area contributed by atoms with Crippen molar-refractivity contribution in [3.8, 4) is 0 Å². The van der Waals surface area contributed by atoms with Crippen LogP contribution in [0.15, 0.2) is 30.3 Å². The van der Waals surface area contributed by atoms with Gasteiger partial charge in [-0.05, 0) is 38.3 Å². The van der Waals surface area contributed by atoms with Crippen LogP contribution in [0.1, 0.15) is 25.3 Å². The molecule has 1 aliphatic heterocycles. The van der Waals surface area contributed by atoms with Gasteiger partial charge in [-0.1, -0.05) is 30.3 Å². The summed E-state index contributed by atoms with van der Waals surface area (Å²) in [5, 5.41) is 3.02. The summed E-state index contributed by atoms with van der Waals surface area (Å²) in [7, 11) is 0. The fourth-order valence-corrected chi connectivity index (χ4v) is 2.83. The summed E-state index contributed by atoms with van der Waals surface area (Å²) in [6.07, 6.45) is 2.63. The molecule has 3 N–H and O–H groups in total. The first kappa shape index (κ1) is 16.5. The van der Waals surface area contributed by atoms with E-state index in [2.05, 4.69) is 17.4 Å². The van der Waals surface area contributed by atoms with Crippen molar-refractivity contribution in [3.05, 3.63) is 35.9 Å². The van der Waals surface area contributed by atoms with Gasteiger partial charge in [0.1, 0.15) is 0 Å². The first-order chi connectivity index (χ1) is 10.5. The third-order valence-corrected chi connectivity index (χ3v) is 4.16. The van der Waals surface area contributed by atoms with Crippen LogP contribution in [0.4, 0.5) is 0 Å². The Labute approximate surface area is 131 Å². The smallest absolute Gasteiger partial charge is 0.234 e. The third kappa shape index (κ3) is 5.15. The number of benzene rings is 1. The minimum atomic E-state index is -0.265. The maximum atomic E-state index is 12.0. The first-order valence-electron chi connectivity index (χ1n) is 7.89. The standard InChI is InChI=1S/C17H25N3O2/c1-13(7-8-14-5-3-2-4-6-14)19-16(21)12-20-10-9-15(11-20)17(18)22/h2-6,13,15H,7-12H2,1H3,(H2,18,22)(H,19,21). The Morgan fingerprint density at radius 1 is 1.36 bits per heavy atom. The average molecular weight is 303 g/mol. The molecule has 1 heterocycles. The molecule has 1 saturated heterocycles. The Kier molecular flexibility index (Phi) is 5.95. The van der Waals surface area contributed by atoms with Crippen molar-refractivity contribution in [1.82, 2.24) is 10.2 Å². The molecule has 1 aromatic rings. The second-order valence-corrected chi connectivity index (χ2v) is 6.12. The minimum absolute atomic E-state index is 0.0192. The molecular formula is C17H25N3O2. The number of primary amides is 1. The summed E-state index contributed by atoms with van der Waals surface area (Å²) in [6.45, 7) is 3.73. The van der Waals surface area contributed by atoms with Crippen molar-refractivity contribution in [2.45, 2.75) is 32.2 Å². The second kappa shape index (κ2) is 7.94. The maximum absolute atomic E-state index is 12.0. The largest absolute Gasteiger partial charge is 0.369 e. The van der Waals surface area contributed by atoms with Gasteiger partial charge in [-0.3, -0.25) is 14.5 Å². The topological polar surface area (TPSA) is 75.4 Å². The first-order valence-corrected chi connectivity index (χ1v) is 7.89. The Morgan fingerprint density at radius 3 is 2.73 bits per heavy atom. The molecule has 22 heavy (non-hydrogen) atoms. The van der Waals surface area contributed by atoms with E-state index in [1.807, 2.05) is 30.0 Å². The summed E-state index contributed by atoms with van der Waals surface area (Å²) in [5.74, 6) is -0.354. The minimum Gasteiger partial charge on any atom is -0.369 e. The average Bonchev–Trinajstić information content (AvgIpc) is 2.95. The van der Waals surface area contributed by atoms with Gasteiger partial charge in [-0.2, -0.15) is 0 Å². The highest BCUT2D eigenvalue weighted by molar-refractivity contribution is 5.79. The van der Waals surface area contributed by atoms with Crippen molar-refractivity contribution >= 4 is 11.8 Å². The van der Waals surface area contributed by atoms with E-state index in [4.69, 9.17) is 5.73 Å². The van der Waals surface area contributed by atoms with E-state index in [1.165, 1.54) is 5.56 Å². The Balaban J connectivity index is 1.67. The Hall–Kier alpha value is -1.88. The third-order valence-electron chi connectivity index (χ3n) is 4.16. The Bertz CT molecular complexity index is 504. The van der Waals surface area contributed by atoms with Crippen molar-refractivity contribution in [1.29, 1.82) is 0 Å². The highest BCUT2D eigenvalue weighted by Gasteiger charge is 2.27. The van der Waals surface area contributed by atoms with Crippen LogP contribution < -0.4 is 11.1 Å². The zero-order valence-corrected chi connectivity index (χ0v) is 13.1. The predicted molar refractivity (Wildman–Crippen MR) is 86.1 cm³/mol. The molecule has 1 aromatic carbocycles. The summed E-state index contributed by atoms with van der Waals surface area (Å²) in [4.78, 5) is 25.1. The molecular weight excluding hydrogens is 278 g/mol. The van der Waals surface area contributed by atoms with E-state index in [0.29, 0.717) is 13.1 Å². The summed E-state index contributed by atoms with van der Waals surface area (Å²) < 4.78 is 0. The number of carbonyl (C=O) groups is 2. The van der Waals surface area contributed by atoms with Gasteiger partial charge in [-0.15, -0.1) is 0 Å². The molecule has 0 spiro atoms. The lowest BCUT2D eigenvalue weighted by atomic mass is 10.1. The van der Waals surface area contributed by atoms with Gasteiger partial charge in [-0.25, -0.2) is 0 Å². The fraction of sp³-hybridized carbons (Fsp3) is 0.529. The molecule has 0 aromatic heterocycles. The van der Waals surface area contributed by atoms with E-state index in [0.717, 1.165) is 25.8 Å². The van der Waals surface area contributed by atoms with E-state index in [1.54, 1.807) is 0 Å². The van der Waals surface area contributed by atoms with Gasteiger partial charge in [0.25, 0.3) is 0 Å². The number of likely N-dealkylation sites (tertiary alicyclic amines) is 1. The molecule has 2 rings (SSSR count). The summed E-state index contributed by atoms with van der Waals surface area (Å²) in [6, 6.07) is 10.4. The molecule has 120 valence electrons. The van der Waals surface area contributed by atoms with Crippen LogP contribution in [0.25, 0.3) is 0 Å². The number of nitrogens with two attached hydrogens (primary N) is 1. The van der Waals surface area contributed by atoms with Crippen molar-refractivity contribution in [3.63, 3.8) is 0 Å². The molecule has 1 fully saturated rings. The molecule has 0 aliphatic carbocycles. The zero-order chi connectivity index (χ0) is 15.9. The van der Waals surface area contributed by atoms with Crippen molar-refractivity contribution in [2.75, 3.05) is 19.6 Å². The zero-order valence-electron chi connectivity index (χ0n) is 13.1. The number of hydrogen-bond donors (Lipinski definition) is 2. The van der Waals surface area contributed by atoms with E-state index in [9.17, 15) is 9.59 Å². The van der Waals surface area contributed by atoms with Crippen LogP contribution >= 0.6 is 0 Å². The van der Waals surface area contributed by atoms with Crippen LogP contribution in [-0.2, 0) is 16.0 Å². The van der Waals surface area contributed by atoms with Gasteiger partial charge in [0.15, 0.2) is 0 Å². The monoisotopic (exact) mass is 303 g/mol. The van der Waals surface area contributed by atoms with Gasteiger partial charge in [0, 0.05) is 12.6 Å². The highest BCUT2D eigenvalue weighted by atomic mass is 16.2. The van der Waals surface area contributed by atoms with E-state index < -0.39 is 0 Å². The van der Waals surface area contributed by atoms with E-state index in [-0.39, 0.29) is 23.8 Å². The predicted octanol–water partition coefficient (Wildman–Crippen LogP) is 0.931. The fourth-order valence-electron chi connectivity index (χ4n) is 2.83. The quantitative estimate of drug-likeness (QED) is 0.787. The molecule has 2 atom stereocenters. The number of nitrogens with zero attached hydrogens (tertiary/aromatic N) is 1. The lowest BCUT2D eigenvalue weighted by molar-refractivity contribution is -0.124. The maximum Gasteiger partial charge on any atom is 0.234 e. The number of carbonyl (C=O) groups excluding carboxylic acids is 2. The SMILES string of the molecule is CC(CCc1ccccc1)NC(=O)CN1CCC(C(N)=O)C1. The number of nitrogens with one attached hydrogen (secondary N) is 1. The number of rotatable bonds is 7. The number of amides is 2. The molecule has 5 nitrogen and oxygen atoms in total. The summed E-state index contributed by atoms with van der Waals surface area (Å²) >= 11 is 0. The molecule has 0 radical (unpaired) electrons. The van der Waals surface area contributed by atoms with Crippen molar-refractivity contribution < 1.29 is 9.59 Å². The molecule has 2 amide bonds. The molecule has 0 saturated carbocycles. The number of aryl methyl sites for hydroxylation is 1. The van der Waals surface area contributed by atoms with Gasteiger partial charge >= 0.3 is 0 Å². The lowest BCUT2D eigenvalue weighted by Gasteiger charge is -2.18. The summed E-state index contributed by atoms with van der Waals surface area (Å²) in [5.41, 5.74) is 6.58. The van der Waals surface area contributed by atoms with Gasteiger partial charge < -0.3 is 11.1 Å². The molecule has 0 bridgehead atoms. The van der Waals surface area contributed by atoms with Crippen LogP contribution in [0.5, 0.6) is 0 Å². The van der Waals surface area contributed by atoms with Crippen molar-refractivity contribution in [2.24, 2.45) is 11.7 Å². The van der Waals surface area contributed by atoms with E-state index >= 15 is 0 Å². The van der Waals surface area contributed by atoms with Crippen LogP contribution in [0, 0.1) is 5.92 Å². The Morgan fingerprint density at radius 2 is 2.09 bits per heavy atom. The molecule has 2 unspecified atom stereocenters. The molecule has 1 aliphatic rings. The van der Waals surface area contributed by atoms with Crippen LogP contribution in [0.3, 0.4) is 0 Å². The second-order valence-electron chi connectivity index (χ2n) is 6.12. The van der Waals surface area contributed by atoms with Crippen LogP contribution in [0.2, 0.25) is 0 Å². The normalized spacial score (nSPS) is 19.8. The number of hydrogen-bond acceptors (Lipinski definition) is 3. The highest BCUT2D eigenvalue weighted by Crippen LogP contribution is 2.15.